The highest BCUT2D eigenvalue weighted by atomic mass is 15.1. The second kappa shape index (κ2) is 6.10. The van der Waals surface area contributed by atoms with Gasteiger partial charge in [-0.1, -0.05) is 38.1 Å². The maximum atomic E-state index is 4.34. The van der Waals surface area contributed by atoms with Gasteiger partial charge in [0.1, 0.15) is 5.69 Å². The molecule has 0 amide bonds. The van der Waals surface area contributed by atoms with Gasteiger partial charge in [-0.2, -0.15) is 0 Å². The van der Waals surface area contributed by atoms with E-state index in [0.29, 0.717) is 5.92 Å². The van der Waals surface area contributed by atoms with Gasteiger partial charge < -0.3 is 4.57 Å². The topological polar surface area (TPSA) is 43.6 Å². The maximum Gasteiger partial charge on any atom is 0.160 e. The second-order valence-corrected chi connectivity index (χ2v) is 5.60. The Kier molecular flexibility index (Phi) is 4.00. The van der Waals surface area contributed by atoms with Gasteiger partial charge in [0.15, 0.2) is 5.82 Å². The number of benzene rings is 1. The molecule has 0 aliphatic rings. The van der Waals surface area contributed by atoms with Crippen LogP contribution in [0.4, 0.5) is 0 Å². The van der Waals surface area contributed by atoms with Crippen molar-refractivity contribution in [1.29, 1.82) is 0 Å². The van der Waals surface area contributed by atoms with Crippen LogP contribution < -0.4 is 0 Å². The van der Waals surface area contributed by atoms with Crippen LogP contribution in [0.2, 0.25) is 0 Å². The third-order valence-electron chi connectivity index (χ3n) is 4.10. The zero-order valence-corrected chi connectivity index (χ0v) is 13.2. The molecule has 0 bridgehead atoms. The van der Waals surface area contributed by atoms with Crippen molar-refractivity contribution >= 4 is 0 Å². The number of nitrogens with zero attached hydrogens (tertiary/aromatic N) is 4. The lowest BCUT2D eigenvalue weighted by molar-refractivity contribution is 0.734. The van der Waals surface area contributed by atoms with Gasteiger partial charge in [-0.15, -0.1) is 10.2 Å². The molecule has 4 heteroatoms. The van der Waals surface area contributed by atoms with E-state index in [2.05, 4.69) is 53.3 Å². The van der Waals surface area contributed by atoms with Crippen molar-refractivity contribution in [2.24, 2.45) is 7.05 Å². The Hall–Kier alpha value is -2.49. The molecule has 0 unspecified atom stereocenters. The number of aromatic nitrogens is 4. The Bertz CT molecular complexity index is 742. The molecule has 2 heterocycles. The molecular weight excluding hydrogens is 272 g/mol. The summed E-state index contributed by atoms with van der Waals surface area (Å²) in [5, 5.41) is 8.64. The summed E-state index contributed by atoms with van der Waals surface area (Å²) in [6, 6.07) is 12.6. The first kappa shape index (κ1) is 14.4. The largest absolute Gasteiger partial charge is 0.333 e. The Morgan fingerprint density at radius 1 is 1.00 bits per heavy atom. The number of aryl methyl sites for hydroxylation is 1. The summed E-state index contributed by atoms with van der Waals surface area (Å²) in [6.07, 6.45) is 4.81. The first-order chi connectivity index (χ1) is 10.7. The molecule has 112 valence electrons. The first-order valence-corrected chi connectivity index (χ1v) is 7.60. The Labute approximate surface area is 130 Å². The van der Waals surface area contributed by atoms with Crippen LogP contribution in [0, 0.1) is 0 Å². The molecule has 0 saturated heterocycles. The monoisotopic (exact) mass is 292 g/mol. The summed E-state index contributed by atoms with van der Waals surface area (Å²) < 4.78 is 1.94. The summed E-state index contributed by atoms with van der Waals surface area (Å²) >= 11 is 0. The average molecular weight is 292 g/mol. The SMILES string of the molecule is CC[C@@H](C)c1ccc(-c2ccc(-c3nccn3C)nn2)cc1. The highest BCUT2D eigenvalue weighted by molar-refractivity contribution is 5.61. The Balaban J connectivity index is 1.85. The quantitative estimate of drug-likeness (QED) is 0.728. The zero-order valence-electron chi connectivity index (χ0n) is 13.2. The smallest absolute Gasteiger partial charge is 0.160 e. The summed E-state index contributed by atoms with van der Waals surface area (Å²) in [7, 11) is 1.95. The average Bonchev–Trinajstić information content (AvgIpc) is 3.00. The van der Waals surface area contributed by atoms with Crippen LogP contribution in [0.1, 0.15) is 31.7 Å². The molecule has 0 radical (unpaired) electrons. The third-order valence-corrected chi connectivity index (χ3v) is 4.10. The van der Waals surface area contributed by atoms with Crippen molar-refractivity contribution in [2.45, 2.75) is 26.2 Å². The molecule has 22 heavy (non-hydrogen) atoms. The van der Waals surface area contributed by atoms with Crippen LogP contribution in [0.25, 0.3) is 22.8 Å². The van der Waals surface area contributed by atoms with Crippen molar-refractivity contribution in [3.8, 4) is 22.8 Å². The van der Waals surface area contributed by atoms with Crippen LogP contribution in [0.3, 0.4) is 0 Å². The molecule has 1 aromatic carbocycles. The fourth-order valence-corrected chi connectivity index (χ4v) is 2.44. The van der Waals surface area contributed by atoms with E-state index in [1.807, 2.05) is 29.9 Å². The first-order valence-electron chi connectivity index (χ1n) is 7.60. The van der Waals surface area contributed by atoms with E-state index in [1.54, 1.807) is 6.20 Å². The number of imidazole rings is 1. The van der Waals surface area contributed by atoms with Crippen molar-refractivity contribution in [3.63, 3.8) is 0 Å². The summed E-state index contributed by atoms with van der Waals surface area (Å²) in [6.45, 7) is 4.46. The molecule has 1 atom stereocenters. The van der Waals surface area contributed by atoms with Gasteiger partial charge in [-0.3, -0.25) is 0 Å². The molecule has 3 rings (SSSR count). The van der Waals surface area contributed by atoms with Gasteiger partial charge >= 0.3 is 0 Å². The van der Waals surface area contributed by atoms with Crippen LogP contribution in [-0.4, -0.2) is 19.7 Å². The minimum absolute atomic E-state index is 0.589. The van der Waals surface area contributed by atoms with Crippen LogP contribution in [-0.2, 0) is 7.05 Å². The molecule has 4 nitrogen and oxygen atoms in total. The van der Waals surface area contributed by atoms with Crippen LogP contribution in [0.5, 0.6) is 0 Å². The lowest BCUT2D eigenvalue weighted by Crippen LogP contribution is -1.97. The molecule has 0 fully saturated rings. The molecule has 0 aliphatic carbocycles. The predicted molar refractivity (Wildman–Crippen MR) is 88.4 cm³/mol. The van der Waals surface area contributed by atoms with Gasteiger partial charge in [0.2, 0.25) is 0 Å². The van der Waals surface area contributed by atoms with Gasteiger partial charge in [0.05, 0.1) is 5.69 Å². The van der Waals surface area contributed by atoms with E-state index in [1.165, 1.54) is 5.56 Å². The normalized spacial score (nSPS) is 12.3. The second-order valence-electron chi connectivity index (χ2n) is 5.60. The highest BCUT2D eigenvalue weighted by Crippen LogP contribution is 2.23. The lowest BCUT2D eigenvalue weighted by atomic mass is 9.97. The highest BCUT2D eigenvalue weighted by Gasteiger charge is 2.08. The molecule has 0 N–H and O–H groups in total. The predicted octanol–water partition coefficient (Wildman–Crippen LogP) is 4.06. The van der Waals surface area contributed by atoms with E-state index in [-0.39, 0.29) is 0 Å². The minimum atomic E-state index is 0.589. The van der Waals surface area contributed by atoms with E-state index >= 15 is 0 Å². The molecular formula is C18H20N4. The summed E-state index contributed by atoms with van der Waals surface area (Å²) in [5.74, 6) is 1.41. The third kappa shape index (κ3) is 2.77. The molecule has 3 aromatic rings. The molecule has 0 spiro atoms. The van der Waals surface area contributed by atoms with Gasteiger partial charge in [0, 0.05) is 25.0 Å². The van der Waals surface area contributed by atoms with E-state index < -0.39 is 0 Å². The maximum absolute atomic E-state index is 4.34. The van der Waals surface area contributed by atoms with E-state index in [9.17, 15) is 0 Å². The molecule has 0 saturated carbocycles. The Morgan fingerprint density at radius 2 is 1.68 bits per heavy atom. The fourth-order valence-electron chi connectivity index (χ4n) is 2.44. The van der Waals surface area contributed by atoms with Gasteiger partial charge in [-0.05, 0) is 30.0 Å². The van der Waals surface area contributed by atoms with Crippen LogP contribution in [0.15, 0.2) is 48.8 Å². The van der Waals surface area contributed by atoms with E-state index in [4.69, 9.17) is 0 Å². The minimum Gasteiger partial charge on any atom is -0.333 e. The molecule has 2 aromatic heterocycles. The lowest BCUT2D eigenvalue weighted by Gasteiger charge is -2.09. The van der Waals surface area contributed by atoms with Crippen LogP contribution >= 0.6 is 0 Å². The van der Waals surface area contributed by atoms with Crippen molar-refractivity contribution in [1.82, 2.24) is 19.7 Å². The van der Waals surface area contributed by atoms with Crippen molar-refractivity contribution in [2.75, 3.05) is 0 Å². The number of hydrogen-bond acceptors (Lipinski definition) is 3. The van der Waals surface area contributed by atoms with Gasteiger partial charge in [-0.25, -0.2) is 4.98 Å². The number of hydrogen-bond donors (Lipinski definition) is 0. The summed E-state index contributed by atoms with van der Waals surface area (Å²) in [5.41, 5.74) is 4.12. The van der Waals surface area contributed by atoms with Gasteiger partial charge in [0.25, 0.3) is 0 Å². The summed E-state index contributed by atoms with van der Waals surface area (Å²) in [4.78, 5) is 4.29. The standard InChI is InChI=1S/C18H20N4/c1-4-13(2)14-5-7-15(8-6-14)16-9-10-17(21-20-16)18-19-11-12-22(18)3/h5-13H,4H2,1-3H3/t13-/m1/s1. The fraction of sp³-hybridized carbons (Fsp3) is 0.278. The zero-order chi connectivity index (χ0) is 15.5. The van der Waals surface area contributed by atoms with Crippen molar-refractivity contribution < 1.29 is 0 Å². The molecule has 0 aliphatic heterocycles. The van der Waals surface area contributed by atoms with Crippen molar-refractivity contribution in [3.05, 3.63) is 54.4 Å². The number of rotatable bonds is 4. The Morgan fingerprint density at radius 3 is 2.23 bits per heavy atom. The van der Waals surface area contributed by atoms with E-state index in [0.717, 1.165) is 29.2 Å².